The molecule has 5 nitrogen and oxygen atoms in total. The first-order chi connectivity index (χ1) is 17.2. The topological polar surface area (TPSA) is 55.1 Å². The highest BCUT2D eigenvalue weighted by Crippen LogP contribution is 2.31. The first-order valence-corrected chi connectivity index (χ1v) is 12.1. The Labute approximate surface area is 203 Å². The molecule has 6 rings (SSSR count). The number of anilines is 2. The van der Waals surface area contributed by atoms with Gasteiger partial charge in [-0.05, 0) is 85.8 Å². The molecule has 2 aliphatic carbocycles. The lowest BCUT2D eigenvalue weighted by atomic mass is 9.94. The average Bonchev–Trinajstić information content (AvgIpc) is 2.86. The average molecular weight is 464 g/mol. The maximum atomic E-state index is 13.7. The van der Waals surface area contributed by atoms with E-state index in [0.717, 1.165) is 64.1 Å². The fourth-order valence-electron chi connectivity index (χ4n) is 4.53. The largest absolute Gasteiger partial charge is 0.352 e. The fourth-order valence-corrected chi connectivity index (χ4v) is 4.53. The second-order valence-corrected chi connectivity index (χ2v) is 9.04. The van der Waals surface area contributed by atoms with Gasteiger partial charge in [0.15, 0.2) is 0 Å². The number of fused-ring (bicyclic) bond motifs is 2. The predicted molar refractivity (Wildman–Crippen MR) is 138 cm³/mol. The number of pyridine rings is 1. The smallest absolute Gasteiger partial charge is 0.123 e. The minimum atomic E-state index is -0.257. The van der Waals surface area contributed by atoms with E-state index in [9.17, 15) is 4.39 Å². The van der Waals surface area contributed by atoms with Crippen molar-refractivity contribution in [2.45, 2.75) is 38.6 Å². The molecule has 35 heavy (non-hydrogen) atoms. The highest BCUT2D eigenvalue weighted by Gasteiger charge is 2.19. The second-order valence-electron chi connectivity index (χ2n) is 9.04. The zero-order valence-corrected chi connectivity index (χ0v) is 19.6. The fraction of sp³-hybridized carbons (Fsp3) is 0.207. The number of halogens is 1. The zero-order valence-electron chi connectivity index (χ0n) is 19.6. The van der Waals surface area contributed by atoms with Crippen molar-refractivity contribution in [3.8, 4) is 17.1 Å². The van der Waals surface area contributed by atoms with Crippen molar-refractivity contribution in [2.24, 2.45) is 4.99 Å². The van der Waals surface area contributed by atoms with Gasteiger partial charge < -0.3 is 9.88 Å². The highest BCUT2D eigenvalue weighted by molar-refractivity contribution is 5.84. The lowest BCUT2D eigenvalue weighted by molar-refractivity contribution is 0.413. The molecule has 1 saturated carbocycles. The van der Waals surface area contributed by atoms with Gasteiger partial charge in [0.1, 0.15) is 5.82 Å². The molecule has 0 atom stereocenters. The molecule has 0 radical (unpaired) electrons. The molecule has 6 heteroatoms. The first-order valence-electron chi connectivity index (χ1n) is 12.1. The van der Waals surface area contributed by atoms with E-state index in [2.05, 4.69) is 40.0 Å². The summed E-state index contributed by atoms with van der Waals surface area (Å²) in [4.78, 5) is 14.5. The second kappa shape index (κ2) is 8.95. The van der Waals surface area contributed by atoms with Gasteiger partial charge in [-0.25, -0.2) is 9.37 Å². The molecular formula is C29H26FN5. The van der Waals surface area contributed by atoms with Crippen LogP contribution in [0, 0.1) is 5.82 Å². The maximum absolute atomic E-state index is 13.7. The van der Waals surface area contributed by atoms with Gasteiger partial charge >= 0.3 is 0 Å². The Morgan fingerprint density at radius 1 is 1.03 bits per heavy atom. The van der Waals surface area contributed by atoms with Gasteiger partial charge in [-0.3, -0.25) is 9.98 Å². The number of para-hydroxylation sites is 2. The Hall–Kier alpha value is -4.06. The molecule has 0 saturated heterocycles. The normalized spacial score (nSPS) is 14.4. The summed E-state index contributed by atoms with van der Waals surface area (Å²) < 4.78 is 15.9. The molecule has 0 amide bonds. The van der Waals surface area contributed by atoms with Crippen LogP contribution in [0.25, 0.3) is 28.1 Å². The summed E-state index contributed by atoms with van der Waals surface area (Å²) in [5, 5.41) is 4.45. The molecule has 1 aliphatic heterocycles. The molecule has 2 aromatic carbocycles. The third-order valence-electron chi connectivity index (χ3n) is 6.66. The lowest BCUT2D eigenvalue weighted by Crippen LogP contribution is -2.22. The van der Waals surface area contributed by atoms with Crippen LogP contribution in [-0.4, -0.2) is 20.6 Å². The number of rotatable bonds is 5. The van der Waals surface area contributed by atoms with Crippen LogP contribution in [0.15, 0.2) is 84.1 Å². The summed E-state index contributed by atoms with van der Waals surface area (Å²) in [5.74, 6) is -0.257. The predicted octanol–water partition coefficient (Wildman–Crippen LogP) is 6.42. The van der Waals surface area contributed by atoms with Crippen LogP contribution in [-0.2, 0) is 6.42 Å². The van der Waals surface area contributed by atoms with Crippen LogP contribution in [0.4, 0.5) is 15.8 Å². The molecule has 174 valence electrons. The maximum Gasteiger partial charge on any atom is 0.123 e. The van der Waals surface area contributed by atoms with Crippen LogP contribution in [0.5, 0.6) is 0 Å². The molecule has 3 aromatic rings. The first kappa shape index (κ1) is 21.5. The zero-order chi connectivity index (χ0) is 23.8. The number of hydrogen-bond donors (Lipinski definition) is 1. The molecule has 1 fully saturated rings. The van der Waals surface area contributed by atoms with Gasteiger partial charge in [0.05, 0.1) is 51.4 Å². The number of hydrogen-bond acceptors (Lipinski definition) is 4. The Morgan fingerprint density at radius 3 is 2.63 bits per heavy atom. The van der Waals surface area contributed by atoms with Crippen molar-refractivity contribution in [1.29, 1.82) is 0 Å². The highest BCUT2D eigenvalue weighted by atomic mass is 19.1. The van der Waals surface area contributed by atoms with E-state index < -0.39 is 0 Å². The molecule has 1 N–H and O–H groups in total. The summed E-state index contributed by atoms with van der Waals surface area (Å²) in [6.45, 7) is 2.12. The molecule has 0 unspecified atom stereocenters. The Morgan fingerprint density at radius 2 is 1.86 bits per heavy atom. The summed E-state index contributed by atoms with van der Waals surface area (Å²) in [7, 11) is 0. The molecule has 0 spiro atoms. The van der Waals surface area contributed by atoms with Gasteiger partial charge in [0.25, 0.3) is 0 Å². The number of benzene rings is 3. The van der Waals surface area contributed by atoms with Crippen molar-refractivity contribution in [3.05, 3.63) is 95.9 Å². The third-order valence-corrected chi connectivity index (χ3v) is 6.66. The number of nitrogens with one attached hydrogen (secondary N) is 1. The Bertz CT molecular complexity index is 1550. The summed E-state index contributed by atoms with van der Waals surface area (Å²) >= 11 is 0. The minimum Gasteiger partial charge on any atom is -0.352 e. The van der Waals surface area contributed by atoms with E-state index in [1.54, 1.807) is 12.1 Å². The molecular weight excluding hydrogens is 437 g/mol. The molecule has 3 aliphatic rings. The van der Waals surface area contributed by atoms with Gasteiger partial charge in [0, 0.05) is 11.9 Å². The minimum absolute atomic E-state index is 0.257. The third kappa shape index (κ3) is 4.16. The van der Waals surface area contributed by atoms with Gasteiger partial charge in [-0.1, -0.05) is 19.1 Å². The monoisotopic (exact) mass is 463 g/mol. The van der Waals surface area contributed by atoms with E-state index in [-0.39, 0.29) is 5.82 Å². The molecule has 2 heterocycles. The van der Waals surface area contributed by atoms with Gasteiger partial charge in [-0.2, -0.15) is 0 Å². The van der Waals surface area contributed by atoms with Crippen molar-refractivity contribution in [2.75, 3.05) is 5.32 Å². The Kier molecular flexibility index (Phi) is 5.49. The quantitative estimate of drug-likeness (QED) is 0.306. The Balaban J connectivity index is 1.61. The van der Waals surface area contributed by atoms with Crippen molar-refractivity contribution in [3.63, 3.8) is 0 Å². The molecule has 1 aromatic heterocycles. The SMILES string of the molecule is CCc1cncc(Nc2cc3nc4ccccc4n(-c4ccc(F)cc4)c-3cc2=NC2CCC2)c1. The van der Waals surface area contributed by atoms with Gasteiger partial charge in [-0.15, -0.1) is 0 Å². The van der Waals surface area contributed by atoms with Crippen LogP contribution in [0.2, 0.25) is 0 Å². The summed E-state index contributed by atoms with van der Waals surface area (Å²) in [6, 6.07) is 21.3. The van der Waals surface area contributed by atoms with E-state index in [4.69, 9.17) is 9.98 Å². The van der Waals surface area contributed by atoms with Crippen molar-refractivity contribution in [1.82, 2.24) is 14.5 Å². The van der Waals surface area contributed by atoms with E-state index >= 15 is 0 Å². The molecule has 0 bridgehead atoms. The van der Waals surface area contributed by atoms with E-state index in [1.165, 1.54) is 24.1 Å². The van der Waals surface area contributed by atoms with Crippen LogP contribution < -0.4 is 10.7 Å². The van der Waals surface area contributed by atoms with Crippen LogP contribution >= 0.6 is 0 Å². The van der Waals surface area contributed by atoms with Crippen LogP contribution in [0.3, 0.4) is 0 Å². The summed E-state index contributed by atoms with van der Waals surface area (Å²) in [6.07, 6.45) is 8.09. The van der Waals surface area contributed by atoms with E-state index in [0.29, 0.717) is 6.04 Å². The number of aromatic nitrogens is 3. The standard InChI is InChI=1S/C29H26FN5/c1-2-19-14-22(18-31-17-19)33-25-15-27-29(16-26(25)32-21-6-5-7-21)35(23-12-10-20(30)11-13-23)28-9-4-3-8-24(28)34-27/h3-4,8-18,21,33H,2,5-7H2,1H3. The van der Waals surface area contributed by atoms with Gasteiger partial charge in [0.2, 0.25) is 0 Å². The van der Waals surface area contributed by atoms with Crippen LogP contribution in [0.1, 0.15) is 31.7 Å². The van der Waals surface area contributed by atoms with Crippen molar-refractivity contribution >= 4 is 22.4 Å². The number of nitrogens with zero attached hydrogens (tertiary/aromatic N) is 4. The summed E-state index contributed by atoms with van der Waals surface area (Å²) in [5.41, 5.74) is 7.49. The van der Waals surface area contributed by atoms with Crippen molar-refractivity contribution < 1.29 is 4.39 Å². The van der Waals surface area contributed by atoms with E-state index in [1.807, 2.05) is 36.7 Å². The lowest BCUT2D eigenvalue weighted by Gasteiger charge is -2.23. The number of aryl methyl sites for hydroxylation is 1.